The average Bonchev–Trinajstić information content (AvgIpc) is 4.07. The van der Waals surface area contributed by atoms with Crippen LogP contribution in [-0.2, 0) is 82.2 Å². The van der Waals surface area contributed by atoms with E-state index in [-0.39, 0.29) is 19.6 Å². The Kier molecular flexibility index (Phi) is 27.7. The smallest absolute Gasteiger partial charge is 0.379 e. The number of aromatic nitrogens is 3. The van der Waals surface area contributed by atoms with Crippen molar-refractivity contribution in [2.75, 3.05) is 105 Å². The topological polar surface area (TPSA) is 199 Å². The molecule has 0 aromatic carbocycles. The molecule has 56 heavy (non-hydrogen) atoms. The lowest BCUT2D eigenvalue weighted by atomic mass is 10.4. The van der Waals surface area contributed by atoms with Crippen molar-refractivity contribution in [3.8, 4) is 0 Å². The van der Waals surface area contributed by atoms with E-state index in [4.69, 9.17) is 62.6 Å². The van der Waals surface area contributed by atoms with Gasteiger partial charge in [0.05, 0.1) is 19.8 Å². The molecule has 0 amide bonds. The van der Waals surface area contributed by atoms with E-state index in [9.17, 15) is 14.4 Å². The molecule has 0 bridgehead atoms. The van der Waals surface area contributed by atoms with Crippen molar-refractivity contribution in [2.45, 2.75) is 63.1 Å². The molecule has 24 heteroatoms. The maximum absolute atomic E-state index is 13.0. The molecule has 328 valence electrons. The van der Waals surface area contributed by atoms with E-state index >= 15 is 0 Å². The molecule has 2 rings (SSSR count). The zero-order valence-corrected chi connectivity index (χ0v) is 39.4. The van der Waals surface area contributed by atoms with Crippen LogP contribution in [-0.4, -0.2) is 160 Å². The van der Waals surface area contributed by atoms with Gasteiger partial charge in [-0.2, -0.15) is 0 Å². The van der Waals surface area contributed by atoms with Crippen molar-refractivity contribution >= 4 is 35.2 Å². The highest BCUT2D eigenvalue weighted by Crippen LogP contribution is 2.17. The largest absolute Gasteiger partial charge is 0.528 e. The first-order valence-corrected chi connectivity index (χ1v) is 25.3. The van der Waals surface area contributed by atoms with Gasteiger partial charge in [0.1, 0.15) is 6.10 Å². The van der Waals surface area contributed by atoms with E-state index in [0.717, 1.165) is 32.8 Å². The quantitative estimate of drug-likeness (QED) is 0.0480. The van der Waals surface area contributed by atoms with Crippen LogP contribution < -0.4 is 17.1 Å². The summed E-state index contributed by atoms with van der Waals surface area (Å²) in [5, 5.41) is 0. The minimum Gasteiger partial charge on any atom is -0.379 e. The van der Waals surface area contributed by atoms with Crippen molar-refractivity contribution in [3.63, 3.8) is 0 Å². The molecule has 1 aromatic rings. The Morgan fingerprint density at radius 1 is 0.571 bits per heavy atom. The summed E-state index contributed by atoms with van der Waals surface area (Å²) in [6, 6.07) is 1.57. The highest BCUT2D eigenvalue weighted by atomic mass is 28.4. The minimum atomic E-state index is -2.86. The molecule has 0 aliphatic carbocycles. The van der Waals surface area contributed by atoms with Gasteiger partial charge in [-0.1, -0.05) is 12.7 Å². The fraction of sp³-hybridized carbons (Fsp3) is 0.781. The molecule has 1 atom stereocenters. The zero-order valence-electron chi connectivity index (χ0n) is 35.4. The maximum atomic E-state index is 13.0. The molecule has 2 heterocycles. The SMILES string of the molecule is C=CCn1c(=O)n(CCC[Si](OC)(OC)OC)c(=O)n(CCC[Si](OC)(OC)OC)c1=O.C=C[Si](OC)(OC)OC.CO[Si](CCCOCC1CO1)(OC)OC. The molecule has 1 fully saturated rings. The fourth-order valence-corrected chi connectivity index (χ4v) is 11.3. The van der Waals surface area contributed by atoms with Gasteiger partial charge in [0.25, 0.3) is 0 Å². The Balaban J connectivity index is 0.00000103. The molecule has 0 radical (unpaired) electrons. The average molecular weight is 878 g/mol. The van der Waals surface area contributed by atoms with E-state index in [1.165, 1.54) is 48.7 Å². The Morgan fingerprint density at radius 2 is 0.911 bits per heavy atom. The second kappa shape index (κ2) is 28.6. The summed E-state index contributed by atoms with van der Waals surface area (Å²) in [5.74, 6) is 0. The summed E-state index contributed by atoms with van der Waals surface area (Å²) >= 11 is 0. The van der Waals surface area contributed by atoms with Crippen molar-refractivity contribution in [3.05, 3.63) is 56.4 Å². The Labute approximate surface area is 335 Å². The Bertz CT molecular complexity index is 1310. The van der Waals surface area contributed by atoms with Gasteiger partial charge in [-0.25, -0.2) is 28.1 Å². The molecule has 0 spiro atoms. The predicted molar refractivity (Wildman–Crippen MR) is 216 cm³/mol. The molecule has 0 saturated carbocycles. The molecule has 20 nitrogen and oxygen atoms in total. The van der Waals surface area contributed by atoms with Gasteiger partial charge in [-0.3, -0.25) is 0 Å². The third-order valence-electron chi connectivity index (χ3n) is 8.81. The number of ether oxygens (including phenoxy) is 2. The first-order valence-electron chi connectivity index (χ1n) is 17.7. The first-order chi connectivity index (χ1) is 26.7. The summed E-state index contributed by atoms with van der Waals surface area (Å²) < 4.78 is 76.5. The van der Waals surface area contributed by atoms with Gasteiger partial charge in [-0.15, -0.1) is 6.58 Å². The van der Waals surface area contributed by atoms with E-state index < -0.39 is 52.3 Å². The lowest BCUT2D eigenvalue weighted by Crippen LogP contribution is -2.54. The van der Waals surface area contributed by atoms with Gasteiger partial charge in [0.2, 0.25) is 0 Å². The molecule has 1 unspecified atom stereocenters. The van der Waals surface area contributed by atoms with E-state index in [1.807, 2.05) is 0 Å². The normalized spacial score (nSPS) is 14.4. The molecular formula is C32H67N3O17Si4. The number of rotatable bonds is 29. The van der Waals surface area contributed by atoms with Crippen LogP contribution in [0.1, 0.15) is 19.3 Å². The lowest BCUT2D eigenvalue weighted by Gasteiger charge is -2.24. The van der Waals surface area contributed by atoms with Gasteiger partial charge in [0, 0.05) is 123 Å². The third-order valence-corrected chi connectivity index (χ3v) is 19.5. The van der Waals surface area contributed by atoms with Crippen LogP contribution in [0.2, 0.25) is 18.1 Å². The number of hydrogen-bond donors (Lipinski definition) is 0. The van der Waals surface area contributed by atoms with Crippen LogP contribution >= 0.6 is 0 Å². The summed E-state index contributed by atoms with van der Waals surface area (Å²) in [7, 11) is 7.91. The third kappa shape index (κ3) is 16.8. The summed E-state index contributed by atoms with van der Waals surface area (Å²) in [6.45, 7) is 9.50. The maximum Gasteiger partial charge on any atom is 0.528 e. The molecular weight excluding hydrogens is 811 g/mol. The van der Waals surface area contributed by atoms with Crippen LogP contribution in [0.4, 0.5) is 0 Å². The van der Waals surface area contributed by atoms with Crippen LogP contribution in [0.25, 0.3) is 0 Å². The monoisotopic (exact) mass is 877 g/mol. The number of nitrogens with zero attached hydrogens (tertiary/aromatic N) is 3. The highest BCUT2D eigenvalue weighted by Gasteiger charge is 2.39. The summed E-state index contributed by atoms with van der Waals surface area (Å²) in [6.07, 6.45) is 3.42. The number of hydrogen-bond acceptors (Lipinski definition) is 17. The van der Waals surface area contributed by atoms with Crippen molar-refractivity contribution in [1.82, 2.24) is 13.7 Å². The Morgan fingerprint density at radius 3 is 1.18 bits per heavy atom. The van der Waals surface area contributed by atoms with Crippen LogP contribution in [0, 0.1) is 0 Å². The molecule has 1 saturated heterocycles. The Hall–Kier alpha value is -1.80. The van der Waals surface area contributed by atoms with Gasteiger partial charge >= 0.3 is 52.3 Å². The van der Waals surface area contributed by atoms with Crippen molar-refractivity contribution in [2.24, 2.45) is 0 Å². The van der Waals surface area contributed by atoms with E-state index in [1.54, 1.807) is 48.4 Å². The second-order valence-electron chi connectivity index (χ2n) is 11.7. The second-order valence-corrected chi connectivity index (χ2v) is 23.8. The number of epoxide rings is 1. The van der Waals surface area contributed by atoms with E-state index in [2.05, 4.69) is 13.2 Å². The van der Waals surface area contributed by atoms with Crippen molar-refractivity contribution < 1.29 is 62.6 Å². The minimum absolute atomic E-state index is 0.0161. The number of allylic oxidation sites excluding steroid dienone is 1. The highest BCUT2D eigenvalue weighted by molar-refractivity contribution is 6.66. The van der Waals surface area contributed by atoms with Gasteiger partial charge in [-0.05, 0) is 25.0 Å². The predicted octanol–water partition coefficient (Wildman–Crippen LogP) is 1.15. The fourth-order valence-electron chi connectivity index (χ4n) is 5.20. The van der Waals surface area contributed by atoms with Gasteiger partial charge < -0.3 is 62.6 Å². The molecule has 1 aliphatic heterocycles. The van der Waals surface area contributed by atoms with Crippen LogP contribution in [0.5, 0.6) is 0 Å². The zero-order chi connectivity index (χ0) is 42.8. The van der Waals surface area contributed by atoms with E-state index in [0.29, 0.717) is 44.2 Å². The summed E-state index contributed by atoms with van der Waals surface area (Å²) in [4.78, 5) is 38.7. The molecule has 1 aliphatic rings. The van der Waals surface area contributed by atoms with Gasteiger partial charge in [0.15, 0.2) is 0 Å². The first kappa shape index (κ1) is 54.2. The molecule has 0 N–H and O–H groups in total. The molecule has 1 aromatic heterocycles. The van der Waals surface area contributed by atoms with Crippen LogP contribution in [0.3, 0.4) is 0 Å². The summed E-state index contributed by atoms with van der Waals surface area (Å²) in [5.41, 5.74) is -0.484. The lowest BCUT2D eigenvalue weighted by molar-refractivity contribution is 0.100. The standard InChI is InChI=1S/C18H35N3O9Si2.C9H20O5Si.C5H12O3Si/c1-8-11-19-16(22)20(12-9-14-31(25-2,26-3)27-4)18(24)21(17(19)23)13-10-15-32(28-5,29-6)30-7;1-10-15(11-2,12-3)6-4-5-13-7-9-8-14-9;1-5-9(6-2,7-3)8-4/h8H,1,9-15H2,2-7H3;9H,4-8H2,1-3H3;5H,1H2,2-4H3. The van der Waals surface area contributed by atoms with Crippen molar-refractivity contribution in [1.29, 1.82) is 0 Å². The van der Waals surface area contributed by atoms with Crippen LogP contribution in [0.15, 0.2) is 39.3 Å².